The van der Waals surface area contributed by atoms with E-state index < -0.39 is 12.0 Å². The van der Waals surface area contributed by atoms with Crippen LogP contribution in [-0.2, 0) is 9.53 Å². The molecule has 0 unspecified atom stereocenters. The van der Waals surface area contributed by atoms with Gasteiger partial charge in [-0.1, -0.05) is 41.1 Å². The van der Waals surface area contributed by atoms with Gasteiger partial charge < -0.3 is 14.2 Å². The van der Waals surface area contributed by atoms with E-state index in [1.807, 2.05) is 12.1 Å². The van der Waals surface area contributed by atoms with E-state index in [1.165, 1.54) is 15.9 Å². The fourth-order valence-electron chi connectivity index (χ4n) is 3.92. The number of carbonyl (C=O) groups is 1. The standard InChI is InChI=1S/C25H22BrClN2O5S/c1-5-34-24(31)21-13(2)28-25-29(22(21)15-8-6-7-9-17(15)27)23(30)20(35-25)11-14-10-16(26)19(33-4)12-18(14)32-3/h6-12,22H,5H2,1-4H3/b20-11-/t22-/m0/s1. The highest BCUT2D eigenvalue weighted by Crippen LogP contribution is 2.35. The van der Waals surface area contributed by atoms with Gasteiger partial charge in [-0.25, -0.2) is 9.79 Å². The quantitative estimate of drug-likeness (QED) is 0.410. The second-order valence-corrected chi connectivity index (χ2v) is 9.82. The monoisotopic (exact) mass is 576 g/mol. The summed E-state index contributed by atoms with van der Waals surface area (Å²) in [6.07, 6.45) is 1.74. The van der Waals surface area contributed by atoms with Crippen LogP contribution in [0.5, 0.6) is 11.5 Å². The van der Waals surface area contributed by atoms with E-state index in [4.69, 9.17) is 25.8 Å². The van der Waals surface area contributed by atoms with Crippen molar-refractivity contribution in [3.8, 4) is 11.5 Å². The van der Waals surface area contributed by atoms with Gasteiger partial charge in [-0.15, -0.1) is 0 Å². The first-order valence-corrected chi connectivity index (χ1v) is 12.6. The number of fused-ring (bicyclic) bond motifs is 1. The maximum Gasteiger partial charge on any atom is 0.338 e. The third kappa shape index (κ3) is 4.68. The van der Waals surface area contributed by atoms with Gasteiger partial charge in [-0.05, 0) is 53.5 Å². The summed E-state index contributed by atoms with van der Waals surface area (Å²) in [7, 11) is 3.11. The Balaban J connectivity index is 1.99. The Labute approximate surface area is 219 Å². The number of thiazole rings is 1. The van der Waals surface area contributed by atoms with Crippen LogP contribution in [0, 0.1) is 0 Å². The highest BCUT2D eigenvalue weighted by Gasteiger charge is 2.34. The van der Waals surface area contributed by atoms with E-state index >= 15 is 0 Å². The summed E-state index contributed by atoms with van der Waals surface area (Å²) in [4.78, 5) is 31.8. The second-order valence-electron chi connectivity index (χ2n) is 7.55. The Morgan fingerprint density at radius 3 is 2.60 bits per heavy atom. The molecule has 1 aromatic heterocycles. The first-order valence-electron chi connectivity index (χ1n) is 10.7. The van der Waals surface area contributed by atoms with Crippen LogP contribution in [0.15, 0.2) is 61.9 Å². The average Bonchev–Trinajstić information content (AvgIpc) is 3.13. The number of esters is 1. The van der Waals surface area contributed by atoms with Crippen molar-refractivity contribution in [1.82, 2.24) is 4.57 Å². The average molecular weight is 578 g/mol. The van der Waals surface area contributed by atoms with Crippen LogP contribution < -0.4 is 24.4 Å². The molecule has 0 radical (unpaired) electrons. The van der Waals surface area contributed by atoms with Gasteiger partial charge in [0, 0.05) is 16.7 Å². The fraction of sp³-hybridized carbons (Fsp3) is 0.240. The molecule has 182 valence electrons. The fourth-order valence-corrected chi connectivity index (χ4v) is 5.72. The lowest BCUT2D eigenvalue weighted by Gasteiger charge is -2.25. The number of allylic oxidation sites excluding steroid dienone is 1. The number of hydrogen-bond acceptors (Lipinski definition) is 7. The summed E-state index contributed by atoms with van der Waals surface area (Å²) in [5.74, 6) is 0.615. The smallest absolute Gasteiger partial charge is 0.338 e. The molecule has 3 aromatic rings. The van der Waals surface area contributed by atoms with Crippen molar-refractivity contribution in [3.63, 3.8) is 0 Å². The molecule has 0 N–H and O–H groups in total. The van der Waals surface area contributed by atoms with Gasteiger partial charge in [0.15, 0.2) is 4.80 Å². The summed E-state index contributed by atoms with van der Waals surface area (Å²) >= 11 is 11.2. The van der Waals surface area contributed by atoms with Gasteiger partial charge in [0.25, 0.3) is 5.56 Å². The van der Waals surface area contributed by atoms with Gasteiger partial charge in [0.1, 0.15) is 17.5 Å². The van der Waals surface area contributed by atoms with Crippen molar-refractivity contribution in [2.75, 3.05) is 20.8 Å². The number of aromatic nitrogens is 1. The number of ether oxygens (including phenoxy) is 3. The Morgan fingerprint density at radius 1 is 1.23 bits per heavy atom. The molecule has 0 fully saturated rings. The minimum atomic E-state index is -0.773. The van der Waals surface area contributed by atoms with E-state index in [1.54, 1.807) is 58.4 Å². The molecule has 1 atom stereocenters. The Kier molecular flexibility index (Phi) is 7.49. The first kappa shape index (κ1) is 25.2. The van der Waals surface area contributed by atoms with Crippen LogP contribution in [-0.4, -0.2) is 31.4 Å². The van der Waals surface area contributed by atoms with E-state index in [2.05, 4.69) is 20.9 Å². The summed E-state index contributed by atoms with van der Waals surface area (Å²) in [5, 5.41) is 0.435. The predicted molar refractivity (Wildman–Crippen MR) is 139 cm³/mol. The molecule has 0 aliphatic carbocycles. The number of rotatable bonds is 6. The van der Waals surface area contributed by atoms with E-state index in [9.17, 15) is 9.59 Å². The zero-order valence-corrected chi connectivity index (χ0v) is 22.6. The normalized spacial score (nSPS) is 15.5. The van der Waals surface area contributed by atoms with Gasteiger partial charge in [-0.3, -0.25) is 9.36 Å². The Hall–Kier alpha value is -2.88. The molecule has 35 heavy (non-hydrogen) atoms. The van der Waals surface area contributed by atoms with Crippen molar-refractivity contribution >= 4 is 50.9 Å². The molecule has 0 saturated carbocycles. The maximum absolute atomic E-state index is 13.7. The van der Waals surface area contributed by atoms with Crippen molar-refractivity contribution in [2.45, 2.75) is 19.9 Å². The third-order valence-electron chi connectivity index (χ3n) is 5.51. The van der Waals surface area contributed by atoms with Gasteiger partial charge in [0.05, 0.1) is 41.1 Å². The zero-order valence-electron chi connectivity index (χ0n) is 19.4. The summed E-state index contributed by atoms with van der Waals surface area (Å²) in [5.41, 5.74) is 1.75. The molecule has 1 aliphatic rings. The van der Waals surface area contributed by atoms with E-state index in [-0.39, 0.29) is 17.7 Å². The highest BCUT2D eigenvalue weighted by atomic mass is 79.9. The highest BCUT2D eigenvalue weighted by molar-refractivity contribution is 9.10. The van der Waals surface area contributed by atoms with Crippen molar-refractivity contribution < 1.29 is 19.0 Å². The molecule has 0 bridgehead atoms. The topological polar surface area (TPSA) is 79.1 Å². The van der Waals surface area contributed by atoms with Crippen molar-refractivity contribution in [3.05, 3.63) is 88.0 Å². The lowest BCUT2D eigenvalue weighted by molar-refractivity contribution is -0.139. The summed E-state index contributed by atoms with van der Waals surface area (Å²) < 4.78 is 18.8. The second kappa shape index (κ2) is 10.4. The van der Waals surface area contributed by atoms with Gasteiger partial charge >= 0.3 is 5.97 Å². The predicted octanol–water partition coefficient (Wildman–Crippen LogP) is 4.23. The molecule has 2 heterocycles. The molecule has 2 aromatic carbocycles. The number of carbonyl (C=O) groups excluding carboxylic acids is 1. The molecular formula is C25H22BrClN2O5S. The number of methoxy groups -OCH3 is 2. The van der Waals surface area contributed by atoms with E-state index in [0.29, 0.717) is 47.2 Å². The van der Waals surface area contributed by atoms with Crippen LogP contribution >= 0.6 is 38.9 Å². The minimum Gasteiger partial charge on any atom is -0.496 e. The summed E-state index contributed by atoms with van der Waals surface area (Å²) in [6.45, 7) is 3.66. The molecule has 0 spiro atoms. The number of nitrogens with zero attached hydrogens (tertiary/aromatic N) is 2. The molecule has 4 rings (SSSR count). The zero-order chi connectivity index (χ0) is 25.3. The number of hydrogen-bond donors (Lipinski definition) is 0. The lowest BCUT2D eigenvalue weighted by atomic mass is 9.96. The van der Waals surface area contributed by atoms with Gasteiger partial charge in [-0.2, -0.15) is 0 Å². The van der Waals surface area contributed by atoms with Crippen LogP contribution in [0.2, 0.25) is 5.02 Å². The Bertz CT molecular complexity index is 1530. The molecular weight excluding hydrogens is 556 g/mol. The third-order valence-corrected chi connectivity index (χ3v) is 7.45. The van der Waals surface area contributed by atoms with Crippen molar-refractivity contribution in [1.29, 1.82) is 0 Å². The molecule has 10 heteroatoms. The largest absolute Gasteiger partial charge is 0.496 e. The Morgan fingerprint density at radius 2 is 1.94 bits per heavy atom. The SMILES string of the molecule is CCOC(=O)C1=C(C)N=c2s/c(=C\c3cc(Br)c(OC)cc3OC)c(=O)n2[C@H]1c1ccccc1Cl. The maximum atomic E-state index is 13.7. The number of benzene rings is 2. The minimum absolute atomic E-state index is 0.196. The van der Waals surface area contributed by atoms with E-state index in [0.717, 1.165) is 0 Å². The van der Waals surface area contributed by atoms with Crippen LogP contribution in [0.4, 0.5) is 0 Å². The number of halogens is 2. The van der Waals surface area contributed by atoms with Crippen LogP contribution in [0.3, 0.4) is 0 Å². The van der Waals surface area contributed by atoms with Crippen molar-refractivity contribution in [2.24, 2.45) is 4.99 Å². The van der Waals surface area contributed by atoms with Crippen LogP contribution in [0.1, 0.15) is 31.0 Å². The summed E-state index contributed by atoms with van der Waals surface area (Å²) in [6, 6.07) is 9.92. The first-order chi connectivity index (χ1) is 16.8. The molecule has 1 aliphatic heterocycles. The van der Waals surface area contributed by atoms with Crippen LogP contribution in [0.25, 0.3) is 6.08 Å². The molecule has 0 amide bonds. The van der Waals surface area contributed by atoms with Gasteiger partial charge in [0.2, 0.25) is 0 Å². The lowest BCUT2D eigenvalue weighted by Crippen LogP contribution is -2.40. The molecule has 7 nitrogen and oxygen atoms in total. The molecule has 0 saturated heterocycles.